The van der Waals surface area contributed by atoms with Gasteiger partial charge in [-0.3, -0.25) is 0 Å². The summed E-state index contributed by atoms with van der Waals surface area (Å²) in [6.07, 6.45) is 2.85. The van der Waals surface area contributed by atoms with Crippen molar-refractivity contribution in [3.8, 4) is 0 Å². The van der Waals surface area contributed by atoms with Crippen LogP contribution in [0.25, 0.3) is 0 Å². The second-order valence-corrected chi connectivity index (χ2v) is 8.05. The Labute approximate surface area is 98.7 Å². The van der Waals surface area contributed by atoms with Crippen LogP contribution in [-0.4, -0.2) is 46.2 Å². The molecule has 0 saturated heterocycles. The van der Waals surface area contributed by atoms with Crippen molar-refractivity contribution in [3.05, 3.63) is 0 Å². The Morgan fingerprint density at radius 2 is 1.88 bits per heavy atom. The number of methoxy groups -OCH3 is 1. The zero-order valence-corrected chi connectivity index (χ0v) is 11.5. The molecule has 1 N–H and O–H groups in total. The van der Waals surface area contributed by atoms with Gasteiger partial charge in [0.25, 0.3) is 0 Å². The third-order valence-corrected chi connectivity index (χ3v) is 5.32. The van der Waals surface area contributed by atoms with Gasteiger partial charge in [0.15, 0.2) is 9.84 Å². The van der Waals surface area contributed by atoms with Gasteiger partial charge in [-0.1, -0.05) is 13.8 Å². The van der Waals surface area contributed by atoms with Crippen LogP contribution in [0, 0.1) is 5.41 Å². The maximum atomic E-state index is 11.8. The number of rotatable bonds is 6. The monoisotopic (exact) mass is 249 g/mol. The Morgan fingerprint density at radius 3 is 2.25 bits per heavy atom. The van der Waals surface area contributed by atoms with E-state index in [2.05, 4.69) is 19.2 Å². The molecule has 4 nitrogen and oxygen atoms in total. The van der Waals surface area contributed by atoms with Crippen molar-refractivity contribution in [2.75, 3.05) is 33.1 Å². The molecule has 0 aromatic carbocycles. The summed E-state index contributed by atoms with van der Waals surface area (Å²) >= 11 is 0. The predicted molar refractivity (Wildman–Crippen MR) is 65.3 cm³/mol. The van der Waals surface area contributed by atoms with E-state index in [1.165, 1.54) is 6.26 Å². The molecule has 0 spiro atoms. The van der Waals surface area contributed by atoms with Gasteiger partial charge in [0.05, 0.1) is 11.4 Å². The molecule has 0 heterocycles. The van der Waals surface area contributed by atoms with E-state index in [1.54, 1.807) is 7.11 Å². The number of hydrogen-bond acceptors (Lipinski definition) is 4. The molecule has 5 heteroatoms. The van der Waals surface area contributed by atoms with Gasteiger partial charge < -0.3 is 10.1 Å². The molecule has 0 aromatic heterocycles. The highest BCUT2D eigenvalue weighted by atomic mass is 32.2. The number of hydrogen-bond donors (Lipinski definition) is 1. The second kappa shape index (κ2) is 4.63. The van der Waals surface area contributed by atoms with E-state index in [9.17, 15) is 8.42 Å². The fourth-order valence-corrected chi connectivity index (χ4v) is 4.37. The van der Waals surface area contributed by atoms with E-state index >= 15 is 0 Å². The first-order valence-corrected chi connectivity index (χ1v) is 7.51. The Kier molecular flexibility index (Phi) is 4.03. The molecular formula is C11H23NO3S. The Hall–Kier alpha value is -0.130. The molecule has 1 aliphatic carbocycles. The summed E-state index contributed by atoms with van der Waals surface area (Å²) in [7, 11) is -1.35. The Bertz CT molecular complexity index is 327. The third kappa shape index (κ3) is 2.96. The average molecular weight is 249 g/mol. The van der Waals surface area contributed by atoms with Crippen molar-refractivity contribution in [1.82, 2.24) is 5.32 Å². The van der Waals surface area contributed by atoms with Crippen LogP contribution in [0.4, 0.5) is 0 Å². The quantitative estimate of drug-likeness (QED) is 0.708. The molecule has 1 saturated carbocycles. The fourth-order valence-electron chi connectivity index (χ4n) is 2.70. The van der Waals surface area contributed by atoms with E-state index in [4.69, 9.17) is 4.74 Å². The van der Waals surface area contributed by atoms with Gasteiger partial charge in [0, 0.05) is 26.5 Å². The number of sulfone groups is 1. The summed E-state index contributed by atoms with van der Waals surface area (Å²) in [4.78, 5) is 0. The first-order valence-electron chi connectivity index (χ1n) is 5.62. The van der Waals surface area contributed by atoms with Crippen LogP contribution >= 0.6 is 0 Å². The van der Waals surface area contributed by atoms with Crippen molar-refractivity contribution >= 4 is 9.84 Å². The summed E-state index contributed by atoms with van der Waals surface area (Å²) in [5, 5.41) is 3.17. The summed E-state index contributed by atoms with van der Waals surface area (Å²) in [5.74, 6) is 0. The van der Waals surface area contributed by atoms with E-state index in [1.807, 2.05) is 0 Å². The summed E-state index contributed by atoms with van der Waals surface area (Å²) in [6, 6.07) is 0. The topological polar surface area (TPSA) is 55.4 Å². The lowest BCUT2D eigenvalue weighted by atomic mass is 9.64. The van der Waals surface area contributed by atoms with Gasteiger partial charge in [-0.25, -0.2) is 8.42 Å². The summed E-state index contributed by atoms with van der Waals surface area (Å²) in [6.45, 7) is 6.09. The van der Waals surface area contributed by atoms with Crippen molar-refractivity contribution in [1.29, 1.82) is 0 Å². The molecule has 0 aliphatic heterocycles. The van der Waals surface area contributed by atoms with Crippen molar-refractivity contribution in [3.63, 3.8) is 0 Å². The van der Waals surface area contributed by atoms with Crippen LogP contribution in [0.15, 0.2) is 0 Å². The molecule has 0 unspecified atom stereocenters. The summed E-state index contributed by atoms with van der Waals surface area (Å²) < 4.78 is 28.0. The summed E-state index contributed by atoms with van der Waals surface area (Å²) in [5.41, 5.74) is 0.159. The minimum atomic E-state index is -2.99. The SMILES string of the molecule is COCCNCC1(S(C)(=O)=O)CC(C)(C)C1. The van der Waals surface area contributed by atoms with Crippen molar-refractivity contribution in [2.45, 2.75) is 31.4 Å². The lowest BCUT2D eigenvalue weighted by Crippen LogP contribution is -2.59. The average Bonchev–Trinajstić information content (AvgIpc) is 2.06. The maximum Gasteiger partial charge on any atom is 0.154 e. The normalized spacial score (nSPS) is 22.8. The van der Waals surface area contributed by atoms with E-state index in [0.717, 1.165) is 12.8 Å². The molecule has 1 aliphatic rings. The Morgan fingerprint density at radius 1 is 1.31 bits per heavy atom. The molecule has 1 fully saturated rings. The van der Waals surface area contributed by atoms with Crippen LogP contribution in [0.1, 0.15) is 26.7 Å². The van der Waals surface area contributed by atoms with Gasteiger partial charge in [0.2, 0.25) is 0 Å². The van der Waals surface area contributed by atoms with Crippen molar-refractivity contribution in [2.24, 2.45) is 5.41 Å². The number of ether oxygens (including phenoxy) is 1. The van der Waals surface area contributed by atoms with E-state index < -0.39 is 14.6 Å². The fraction of sp³-hybridized carbons (Fsp3) is 1.00. The zero-order valence-electron chi connectivity index (χ0n) is 10.7. The molecule has 96 valence electrons. The lowest BCUT2D eigenvalue weighted by molar-refractivity contribution is 0.114. The first kappa shape index (κ1) is 13.9. The molecule has 0 amide bonds. The van der Waals surface area contributed by atoms with E-state index in [0.29, 0.717) is 19.7 Å². The minimum absolute atomic E-state index is 0.159. The first-order chi connectivity index (χ1) is 7.22. The van der Waals surface area contributed by atoms with Crippen LogP contribution in [0.5, 0.6) is 0 Å². The highest BCUT2D eigenvalue weighted by Crippen LogP contribution is 2.51. The molecular weight excluding hydrogens is 226 g/mol. The van der Waals surface area contributed by atoms with Crippen molar-refractivity contribution < 1.29 is 13.2 Å². The molecule has 0 radical (unpaired) electrons. The highest BCUT2D eigenvalue weighted by Gasteiger charge is 2.55. The smallest absolute Gasteiger partial charge is 0.154 e. The Balaban J connectivity index is 2.56. The molecule has 0 aromatic rings. The second-order valence-electron chi connectivity index (χ2n) is 5.64. The van der Waals surface area contributed by atoms with Crippen LogP contribution in [-0.2, 0) is 14.6 Å². The maximum absolute atomic E-state index is 11.8. The van der Waals surface area contributed by atoms with Gasteiger partial charge in [-0.15, -0.1) is 0 Å². The molecule has 0 atom stereocenters. The molecule has 1 rings (SSSR count). The van der Waals surface area contributed by atoms with Crippen LogP contribution in [0.3, 0.4) is 0 Å². The van der Waals surface area contributed by atoms with Crippen LogP contribution < -0.4 is 5.32 Å². The predicted octanol–water partition coefficient (Wildman–Crippen LogP) is 0.826. The third-order valence-electron chi connectivity index (χ3n) is 3.32. The minimum Gasteiger partial charge on any atom is -0.383 e. The highest BCUT2D eigenvalue weighted by molar-refractivity contribution is 7.92. The van der Waals surface area contributed by atoms with Crippen LogP contribution in [0.2, 0.25) is 0 Å². The molecule has 0 bridgehead atoms. The van der Waals surface area contributed by atoms with Gasteiger partial charge in [-0.2, -0.15) is 0 Å². The largest absolute Gasteiger partial charge is 0.383 e. The standard InChI is InChI=1S/C11H23NO3S/c1-10(2)7-11(8-10,16(4,13)14)9-12-5-6-15-3/h12H,5-9H2,1-4H3. The zero-order chi connectivity index (χ0) is 12.4. The lowest BCUT2D eigenvalue weighted by Gasteiger charge is -2.52. The van der Waals surface area contributed by atoms with Gasteiger partial charge in [-0.05, 0) is 18.3 Å². The van der Waals surface area contributed by atoms with Gasteiger partial charge in [0.1, 0.15) is 0 Å². The number of nitrogens with one attached hydrogen (secondary N) is 1. The molecule has 16 heavy (non-hydrogen) atoms. The van der Waals surface area contributed by atoms with Gasteiger partial charge >= 0.3 is 0 Å². The van der Waals surface area contributed by atoms with E-state index in [-0.39, 0.29) is 5.41 Å².